The lowest BCUT2D eigenvalue weighted by Crippen LogP contribution is -2.01. The maximum absolute atomic E-state index is 3.99. The molecule has 5 heteroatoms. The third-order valence-corrected chi connectivity index (χ3v) is 3.38. The fourth-order valence-corrected chi connectivity index (χ4v) is 2.59. The smallest absolute Gasteiger partial charge is 0.187 e. The third-order valence-electron chi connectivity index (χ3n) is 2.29. The topological polar surface area (TPSA) is 43.6 Å². The molecule has 1 aliphatic heterocycles. The first-order chi connectivity index (χ1) is 6.68. The molecule has 1 radical (unpaired) electrons. The summed E-state index contributed by atoms with van der Waals surface area (Å²) in [6.07, 6.45) is 2.21. The second-order valence-corrected chi connectivity index (χ2v) is 4.67. The van der Waals surface area contributed by atoms with Crippen LogP contribution in [0, 0.1) is 11.8 Å². The van der Waals surface area contributed by atoms with E-state index in [4.69, 9.17) is 0 Å². The summed E-state index contributed by atoms with van der Waals surface area (Å²) in [5, 5.41) is 11.4. The number of thioether (sulfide) groups is 1. The molecule has 2 rings (SSSR count). The number of aryl methyl sites for hydroxylation is 1. The molecule has 75 valence electrons. The predicted molar refractivity (Wildman–Crippen MR) is 57.3 cm³/mol. The Labute approximate surface area is 87.8 Å². The van der Waals surface area contributed by atoms with E-state index in [1.807, 2.05) is 18.8 Å². The Balaban J connectivity index is 2.22. The fourth-order valence-electron chi connectivity index (χ4n) is 1.31. The summed E-state index contributed by atoms with van der Waals surface area (Å²) in [7, 11) is 1.87. The minimum absolute atomic E-state index is 0.612. The van der Waals surface area contributed by atoms with Gasteiger partial charge in [0.15, 0.2) is 5.82 Å². The van der Waals surface area contributed by atoms with Crippen LogP contribution in [0.2, 0.25) is 0 Å². The Kier molecular flexibility index (Phi) is 2.58. The number of hydrogen-bond donors (Lipinski definition) is 0. The molecule has 0 saturated carbocycles. The zero-order valence-electron chi connectivity index (χ0n) is 8.56. The number of tetrazole rings is 1. The molecule has 0 saturated heterocycles. The summed E-state index contributed by atoms with van der Waals surface area (Å²) in [4.78, 5) is 1.18. The van der Waals surface area contributed by atoms with Crippen molar-refractivity contribution in [2.75, 3.05) is 5.75 Å². The van der Waals surface area contributed by atoms with E-state index < -0.39 is 0 Å². The quantitative estimate of drug-likeness (QED) is 0.741. The Morgan fingerprint density at radius 3 is 2.79 bits per heavy atom. The fraction of sp³-hybridized carbons (Fsp3) is 0.556. The van der Waals surface area contributed by atoms with Crippen LogP contribution < -0.4 is 0 Å². The van der Waals surface area contributed by atoms with Gasteiger partial charge in [-0.05, 0) is 16.3 Å². The van der Waals surface area contributed by atoms with E-state index in [1.165, 1.54) is 10.8 Å². The molecule has 0 N–H and O–H groups in total. The van der Waals surface area contributed by atoms with Gasteiger partial charge in [-0.3, -0.25) is 0 Å². The van der Waals surface area contributed by atoms with Crippen molar-refractivity contribution in [3.05, 3.63) is 17.8 Å². The lowest BCUT2D eigenvalue weighted by molar-refractivity contribution is 0.703. The van der Waals surface area contributed by atoms with Crippen LogP contribution in [0.5, 0.6) is 0 Å². The predicted octanol–water partition coefficient (Wildman–Crippen LogP) is 1.53. The van der Waals surface area contributed by atoms with Crippen LogP contribution in [0.1, 0.15) is 19.7 Å². The van der Waals surface area contributed by atoms with Gasteiger partial charge in [0.25, 0.3) is 0 Å². The first-order valence-electron chi connectivity index (χ1n) is 4.61. The van der Waals surface area contributed by atoms with Crippen LogP contribution in [0.3, 0.4) is 0 Å². The summed E-state index contributed by atoms with van der Waals surface area (Å²) in [5.41, 5.74) is 0. The molecule has 0 unspecified atom stereocenters. The highest BCUT2D eigenvalue weighted by Gasteiger charge is 2.23. The van der Waals surface area contributed by atoms with E-state index in [9.17, 15) is 0 Å². The normalized spacial score (nSPS) is 17.9. The number of rotatable bonds is 2. The Bertz CT molecular complexity index is 355. The second kappa shape index (κ2) is 3.73. The SMILES string of the molecule is CC(C)[C]1C=C(c2nnnn2C)SC1. The van der Waals surface area contributed by atoms with Crippen LogP contribution in [-0.2, 0) is 7.05 Å². The van der Waals surface area contributed by atoms with E-state index in [1.54, 1.807) is 4.68 Å². The lowest BCUT2D eigenvalue weighted by atomic mass is 9.98. The molecule has 0 spiro atoms. The van der Waals surface area contributed by atoms with E-state index in [-0.39, 0.29) is 0 Å². The number of aromatic nitrogens is 4. The van der Waals surface area contributed by atoms with Crippen LogP contribution >= 0.6 is 11.8 Å². The van der Waals surface area contributed by atoms with Crippen molar-refractivity contribution in [2.24, 2.45) is 13.0 Å². The van der Waals surface area contributed by atoms with Crippen LogP contribution in [-0.4, -0.2) is 26.0 Å². The first-order valence-corrected chi connectivity index (χ1v) is 5.60. The molecule has 4 nitrogen and oxygen atoms in total. The van der Waals surface area contributed by atoms with Crippen molar-refractivity contribution in [3.63, 3.8) is 0 Å². The largest absolute Gasteiger partial charge is 0.228 e. The zero-order chi connectivity index (χ0) is 10.1. The highest BCUT2D eigenvalue weighted by molar-refractivity contribution is 8.08. The number of allylic oxidation sites excluding steroid dienone is 1. The van der Waals surface area contributed by atoms with E-state index in [0.717, 1.165) is 11.6 Å². The molecule has 0 atom stereocenters. The average molecular weight is 209 g/mol. The molecule has 14 heavy (non-hydrogen) atoms. The van der Waals surface area contributed by atoms with E-state index in [2.05, 4.69) is 35.4 Å². The van der Waals surface area contributed by atoms with Gasteiger partial charge in [-0.2, -0.15) is 0 Å². The Morgan fingerprint density at radius 1 is 1.50 bits per heavy atom. The Hall–Kier alpha value is -0.840. The van der Waals surface area contributed by atoms with Gasteiger partial charge in [0.05, 0.1) is 4.91 Å². The Morgan fingerprint density at radius 2 is 2.29 bits per heavy atom. The highest BCUT2D eigenvalue weighted by atomic mass is 32.2. The van der Waals surface area contributed by atoms with Gasteiger partial charge in [-0.15, -0.1) is 16.9 Å². The van der Waals surface area contributed by atoms with Gasteiger partial charge >= 0.3 is 0 Å². The van der Waals surface area contributed by atoms with E-state index >= 15 is 0 Å². The highest BCUT2D eigenvalue weighted by Crippen LogP contribution is 2.39. The van der Waals surface area contributed by atoms with Crippen molar-refractivity contribution in [3.8, 4) is 0 Å². The number of nitrogens with zero attached hydrogens (tertiary/aromatic N) is 4. The third kappa shape index (κ3) is 1.68. The van der Waals surface area contributed by atoms with Crippen molar-refractivity contribution >= 4 is 16.7 Å². The zero-order valence-corrected chi connectivity index (χ0v) is 9.38. The molecule has 1 aromatic rings. The summed E-state index contributed by atoms with van der Waals surface area (Å²) < 4.78 is 1.71. The van der Waals surface area contributed by atoms with Gasteiger partial charge in [0, 0.05) is 18.7 Å². The van der Waals surface area contributed by atoms with Gasteiger partial charge in [-0.1, -0.05) is 19.9 Å². The van der Waals surface area contributed by atoms with Gasteiger partial charge in [0.2, 0.25) is 0 Å². The van der Waals surface area contributed by atoms with Crippen molar-refractivity contribution in [1.82, 2.24) is 20.2 Å². The molecule has 0 fully saturated rings. The molecular formula is C9H13N4S. The van der Waals surface area contributed by atoms with Crippen LogP contribution in [0.4, 0.5) is 0 Å². The minimum Gasteiger partial charge on any atom is -0.228 e. The van der Waals surface area contributed by atoms with Gasteiger partial charge < -0.3 is 0 Å². The van der Waals surface area contributed by atoms with Crippen molar-refractivity contribution in [2.45, 2.75) is 13.8 Å². The molecule has 1 aromatic heterocycles. The molecular weight excluding hydrogens is 196 g/mol. The average Bonchev–Trinajstić information content (AvgIpc) is 2.71. The van der Waals surface area contributed by atoms with Crippen LogP contribution in [0.25, 0.3) is 4.91 Å². The molecule has 0 amide bonds. The van der Waals surface area contributed by atoms with Gasteiger partial charge in [0.1, 0.15) is 0 Å². The van der Waals surface area contributed by atoms with Crippen LogP contribution in [0.15, 0.2) is 6.08 Å². The standard InChI is InChI=1S/C9H13N4S/c1-6(2)7-4-8(14-5-7)9-10-11-12-13(9)3/h4,6H,5H2,1-3H3. The van der Waals surface area contributed by atoms with Crippen molar-refractivity contribution in [1.29, 1.82) is 0 Å². The molecule has 0 aromatic carbocycles. The molecule has 0 aliphatic carbocycles. The summed E-state index contributed by atoms with van der Waals surface area (Å²) in [6.45, 7) is 4.43. The summed E-state index contributed by atoms with van der Waals surface area (Å²) >= 11 is 1.81. The van der Waals surface area contributed by atoms with E-state index in [0.29, 0.717) is 5.92 Å². The monoisotopic (exact) mass is 209 g/mol. The molecule has 2 heterocycles. The minimum atomic E-state index is 0.612. The maximum Gasteiger partial charge on any atom is 0.187 e. The summed E-state index contributed by atoms with van der Waals surface area (Å²) in [6, 6.07) is 0. The van der Waals surface area contributed by atoms with Gasteiger partial charge in [-0.25, -0.2) is 4.68 Å². The van der Waals surface area contributed by atoms with Crippen molar-refractivity contribution < 1.29 is 0 Å². The maximum atomic E-state index is 3.99. The summed E-state index contributed by atoms with van der Waals surface area (Å²) in [5.74, 6) is 4.01. The second-order valence-electron chi connectivity index (χ2n) is 3.65. The number of hydrogen-bond acceptors (Lipinski definition) is 4. The first kappa shape index (κ1) is 9.71. The molecule has 0 bridgehead atoms. The molecule has 1 aliphatic rings. The lowest BCUT2D eigenvalue weighted by Gasteiger charge is -2.08.